The van der Waals surface area contributed by atoms with Crippen LogP contribution in [0.15, 0.2) is 36.4 Å². The van der Waals surface area contributed by atoms with Crippen molar-refractivity contribution in [3.8, 4) is 0 Å². The fourth-order valence-corrected chi connectivity index (χ4v) is 3.90. The van der Waals surface area contributed by atoms with Crippen LogP contribution in [-0.4, -0.2) is 64.8 Å². The summed E-state index contributed by atoms with van der Waals surface area (Å²) in [5.74, 6) is -0.0576. The maximum Gasteiger partial charge on any atom is 0.288 e. The number of carbonyl (C=O) groups is 3. The van der Waals surface area contributed by atoms with Gasteiger partial charge in [0.25, 0.3) is 5.24 Å². The smallest absolute Gasteiger partial charge is 0.288 e. The van der Waals surface area contributed by atoms with E-state index in [1.807, 2.05) is 25.1 Å². The van der Waals surface area contributed by atoms with E-state index >= 15 is 0 Å². The molecule has 0 aliphatic carbocycles. The van der Waals surface area contributed by atoms with E-state index in [1.165, 1.54) is 16.0 Å². The van der Waals surface area contributed by atoms with Gasteiger partial charge in [-0.15, -0.1) is 0 Å². The van der Waals surface area contributed by atoms with Crippen molar-refractivity contribution in [2.24, 2.45) is 0 Å². The Balaban J connectivity index is 1.46. The van der Waals surface area contributed by atoms with Gasteiger partial charge in [-0.05, 0) is 24.5 Å². The molecule has 0 bridgehead atoms. The number of thioether (sulfide) groups is 1. The van der Waals surface area contributed by atoms with Crippen LogP contribution in [0.5, 0.6) is 0 Å². The van der Waals surface area contributed by atoms with Crippen LogP contribution in [0.4, 0.5) is 4.79 Å². The van der Waals surface area contributed by atoms with Crippen LogP contribution in [-0.2, 0) is 9.59 Å². The Morgan fingerprint density at radius 3 is 2.65 bits per heavy atom. The second-order valence-corrected chi connectivity index (χ2v) is 7.33. The summed E-state index contributed by atoms with van der Waals surface area (Å²) in [5.41, 5.74) is 2.56. The SMILES string of the molecule is C[C@H](C(=O)NCCN1C(=O)CSC1=O)N1CC=C(c2ccccc2)CC1. The van der Waals surface area contributed by atoms with Gasteiger partial charge in [0.1, 0.15) is 0 Å². The van der Waals surface area contributed by atoms with Crippen molar-refractivity contribution >= 4 is 34.4 Å². The monoisotopic (exact) mass is 373 g/mol. The molecule has 2 aliphatic rings. The van der Waals surface area contributed by atoms with E-state index in [1.54, 1.807) is 0 Å². The molecule has 0 spiro atoms. The average Bonchev–Trinajstić information content (AvgIpc) is 3.00. The molecular weight excluding hydrogens is 350 g/mol. The Kier molecular flexibility index (Phi) is 6.11. The van der Waals surface area contributed by atoms with Crippen molar-refractivity contribution in [1.29, 1.82) is 0 Å². The van der Waals surface area contributed by atoms with Gasteiger partial charge in [0.05, 0.1) is 11.8 Å². The first-order valence-electron chi connectivity index (χ1n) is 8.79. The van der Waals surface area contributed by atoms with Gasteiger partial charge in [-0.1, -0.05) is 48.2 Å². The van der Waals surface area contributed by atoms with Crippen LogP contribution in [0.1, 0.15) is 18.9 Å². The molecule has 0 saturated carbocycles. The van der Waals surface area contributed by atoms with E-state index in [-0.39, 0.29) is 35.4 Å². The Bertz CT molecular complexity index is 704. The number of nitrogens with zero attached hydrogens (tertiary/aromatic N) is 2. The fourth-order valence-electron chi connectivity index (χ4n) is 3.15. The number of hydrogen-bond donors (Lipinski definition) is 1. The largest absolute Gasteiger partial charge is 0.353 e. The first kappa shape index (κ1) is 18.7. The predicted molar refractivity (Wildman–Crippen MR) is 103 cm³/mol. The molecule has 138 valence electrons. The zero-order chi connectivity index (χ0) is 18.5. The lowest BCUT2D eigenvalue weighted by molar-refractivity contribution is -0.127. The zero-order valence-corrected chi connectivity index (χ0v) is 15.6. The lowest BCUT2D eigenvalue weighted by atomic mass is 9.99. The van der Waals surface area contributed by atoms with Gasteiger partial charge in [0, 0.05) is 26.2 Å². The molecule has 1 N–H and O–H groups in total. The van der Waals surface area contributed by atoms with E-state index in [2.05, 4.69) is 28.4 Å². The van der Waals surface area contributed by atoms with Crippen molar-refractivity contribution in [3.05, 3.63) is 42.0 Å². The molecule has 1 aromatic carbocycles. The Morgan fingerprint density at radius 1 is 1.27 bits per heavy atom. The standard InChI is InChI=1S/C19H23N3O3S/c1-14(18(24)20-9-12-22-17(23)13-26-19(22)25)21-10-7-16(8-11-21)15-5-3-2-4-6-15/h2-7,14H,8-13H2,1H3,(H,20,24)/t14-/m1/s1. The van der Waals surface area contributed by atoms with Gasteiger partial charge in [0.15, 0.2) is 0 Å². The van der Waals surface area contributed by atoms with Gasteiger partial charge < -0.3 is 5.32 Å². The maximum absolute atomic E-state index is 12.4. The molecule has 0 radical (unpaired) electrons. The predicted octanol–water partition coefficient (Wildman–Crippen LogP) is 1.98. The summed E-state index contributed by atoms with van der Waals surface area (Å²) in [6.07, 6.45) is 3.09. The highest BCUT2D eigenvalue weighted by Crippen LogP contribution is 2.23. The lowest BCUT2D eigenvalue weighted by Crippen LogP contribution is -2.48. The van der Waals surface area contributed by atoms with Crippen molar-refractivity contribution in [2.45, 2.75) is 19.4 Å². The van der Waals surface area contributed by atoms with Crippen LogP contribution in [0, 0.1) is 0 Å². The summed E-state index contributed by atoms with van der Waals surface area (Å²) in [4.78, 5) is 38.8. The highest BCUT2D eigenvalue weighted by molar-refractivity contribution is 8.14. The van der Waals surface area contributed by atoms with Crippen molar-refractivity contribution in [2.75, 3.05) is 31.9 Å². The van der Waals surface area contributed by atoms with Crippen LogP contribution in [0.25, 0.3) is 5.57 Å². The minimum atomic E-state index is -0.247. The molecular formula is C19H23N3O3S. The second-order valence-electron chi connectivity index (χ2n) is 6.41. The normalized spacial score (nSPS) is 19.4. The number of imide groups is 1. The topological polar surface area (TPSA) is 69.7 Å². The van der Waals surface area contributed by atoms with Gasteiger partial charge in [-0.3, -0.25) is 24.2 Å². The minimum absolute atomic E-state index is 0.0756. The molecule has 0 aromatic heterocycles. The van der Waals surface area contributed by atoms with Gasteiger partial charge >= 0.3 is 0 Å². The van der Waals surface area contributed by atoms with Gasteiger partial charge in [-0.2, -0.15) is 0 Å². The zero-order valence-electron chi connectivity index (χ0n) is 14.8. The van der Waals surface area contributed by atoms with E-state index in [9.17, 15) is 14.4 Å². The second kappa shape index (κ2) is 8.51. The fraction of sp³-hybridized carbons (Fsp3) is 0.421. The molecule has 1 saturated heterocycles. The highest BCUT2D eigenvalue weighted by atomic mass is 32.2. The average molecular weight is 373 g/mol. The summed E-state index contributed by atoms with van der Waals surface area (Å²) < 4.78 is 0. The van der Waals surface area contributed by atoms with Crippen molar-refractivity contribution < 1.29 is 14.4 Å². The Labute approximate surface area is 157 Å². The third kappa shape index (κ3) is 4.34. The maximum atomic E-state index is 12.4. The molecule has 1 fully saturated rings. The van der Waals surface area contributed by atoms with Crippen LogP contribution in [0.3, 0.4) is 0 Å². The number of nitrogens with one attached hydrogen (secondary N) is 1. The number of benzene rings is 1. The molecule has 7 heteroatoms. The van der Waals surface area contributed by atoms with Gasteiger partial charge in [-0.25, -0.2) is 0 Å². The summed E-state index contributed by atoms with van der Waals surface area (Å²) in [5, 5.41) is 2.60. The Morgan fingerprint density at radius 2 is 2.04 bits per heavy atom. The van der Waals surface area contributed by atoms with Crippen LogP contribution < -0.4 is 5.32 Å². The van der Waals surface area contributed by atoms with Crippen LogP contribution >= 0.6 is 11.8 Å². The molecule has 6 nitrogen and oxygen atoms in total. The quantitative estimate of drug-likeness (QED) is 0.826. The summed E-state index contributed by atoms with van der Waals surface area (Å²) in [7, 11) is 0. The summed E-state index contributed by atoms with van der Waals surface area (Å²) in [6, 6.07) is 10.0. The minimum Gasteiger partial charge on any atom is -0.353 e. The van der Waals surface area contributed by atoms with E-state index in [4.69, 9.17) is 0 Å². The van der Waals surface area contributed by atoms with Gasteiger partial charge in [0.2, 0.25) is 11.8 Å². The third-order valence-electron chi connectivity index (χ3n) is 4.79. The number of hydrogen-bond acceptors (Lipinski definition) is 5. The van der Waals surface area contributed by atoms with E-state index in [0.717, 1.165) is 31.3 Å². The highest BCUT2D eigenvalue weighted by Gasteiger charge is 2.30. The summed E-state index contributed by atoms with van der Waals surface area (Å²) >= 11 is 1.01. The molecule has 26 heavy (non-hydrogen) atoms. The molecule has 3 rings (SSSR count). The Hall–Kier alpha value is -2.12. The first-order valence-corrected chi connectivity index (χ1v) is 9.78. The first-order chi connectivity index (χ1) is 12.6. The number of carbonyl (C=O) groups excluding carboxylic acids is 3. The molecule has 1 aromatic rings. The molecule has 2 heterocycles. The summed E-state index contributed by atoms with van der Waals surface area (Å²) in [6.45, 7) is 3.98. The van der Waals surface area contributed by atoms with Crippen molar-refractivity contribution in [3.63, 3.8) is 0 Å². The third-order valence-corrected chi connectivity index (χ3v) is 5.65. The van der Waals surface area contributed by atoms with Crippen molar-refractivity contribution in [1.82, 2.24) is 15.1 Å². The number of rotatable bonds is 6. The van der Waals surface area contributed by atoms with E-state index in [0.29, 0.717) is 6.54 Å². The van der Waals surface area contributed by atoms with Crippen LogP contribution in [0.2, 0.25) is 0 Å². The molecule has 3 amide bonds. The number of amides is 3. The molecule has 2 aliphatic heterocycles. The molecule has 1 atom stereocenters. The molecule has 0 unspecified atom stereocenters. The lowest BCUT2D eigenvalue weighted by Gasteiger charge is -2.31. The van der Waals surface area contributed by atoms with E-state index < -0.39 is 0 Å².